The number of rotatable bonds is 3. The van der Waals surface area contributed by atoms with E-state index in [9.17, 15) is 4.79 Å². The van der Waals surface area contributed by atoms with Crippen LogP contribution in [0, 0.1) is 6.92 Å². The number of aryl methyl sites for hydroxylation is 1. The van der Waals surface area contributed by atoms with Crippen molar-refractivity contribution >= 4 is 68.1 Å². The number of carbonyl (C=O) groups excluding carboxylic acids is 1. The average molecular weight is 438 g/mol. The summed E-state index contributed by atoms with van der Waals surface area (Å²) in [7, 11) is 0. The van der Waals surface area contributed by atoms with E-state index in [-0.39, 0.29) is 20.8 Å². The molecule has 3 heterocycles. The molecule has 4 rings (SSSR count). The number of thiazole rings is 1. The molecule has 0 bridgehead atoms. The quantitative estimate of drug-likeness (QED) is 0.400. The Morgan fingerprint density at radius 1 is 1.19 bits per heavy atom. The summed E-state index contributed by atoms with van der Waals surface area (Å²) < 4.78 is 0. The molecule has 0 saturated carbocycles. The van der Waals surface area contributed by atoms with Crippen molar-refractivity contribution in [3.63, 3.8) is 0 Å². The Labute approximate surface area is 173 Å². The molecule has 9 heteroatoms. The van der Waals surface area contributed by atoms with E-state index in [0.717, 1.165) is 27.9 Å². The number of halogens is 3. The fraction of sp³-hybridized carbons (Fsp3) is 0.0556. The minimum atomic E-state index is -0.505. The third-order valence-electron chi connectivity index (χ3n) is 4.01. The van der Waals surface area contributed by atoms with Crippen molar-refractivity contribution in [3.05, 3.63) is 62.3 Å². The lowest BCUT2D eigenvalue weighted by atomic mass is 10.1. The summed E-state index contributed by atoms with van der Waals surface area (Å²) in [5.41, 5.74) is 3.82. The molecule has 5 nitrogen and oxygen atoms in total. The average Bonchev–Trinajstić information content (AvgIpc) is 3.22. The van der Waals surface area contributed by atoms with E-state index in [4.69, 9.17) is 34.8 Å². The maximum Gasteiger partial charge on any atom is 0.277 e. The summed E-state index contributed by atoms with van der Waals surface area (Å²) >= 11 is 19.2. The molecule has 0 radical (unpaired) electrons. The number of aromatic amines is 1. The maximum atomic E-state index is 12.5. The standard InChI is InChI=1S/C18H11Cl3N4OS/c1-8-13(9-4-2-3-5-11(9)23-8)12-7-27-18(24-12)25-17(26)16-15(21)14(20)10(19)6-22-16/h2-7,23H,1H3,(H,24,25,26). The van der Waals surface area contributed by atoms with Gasteiger partial charge in [-0.15, -0.1) is 11.3 Å². The van der Waals surface area contributed by atoms with E-state index in [0.29, 0.717) is 5.13 Å². The van der Waals surface area contributed by atoms with Gasteiger partial charge in [-0.05, 0) is 13.0 Å². The second-order valence-electron chi connectivity index (χ2n) is 5.75. The van der Waals surface area contributed by atoms with E-state index >= 15 is 0 Å². The molecule has 3 aromatic heterocycles. The van der Waals surface area contributed by atoms with E-state index < -0.39 is 5.91 Å². The zero-order chi connectivity index (χ0) is 19.1. The van der Waals surface area contributed by atoms with Gasteiger partial charge >= 0.3 is 0 Å². The topological polar surface area (TPSA) is 70.7 Å². The summed E-state index contributed by atoms with van der Waals surface area (Å²) in [6.07, 6.45) is 1.28. The van der Waals surface area contributed by atoms with Gasteiger partial charge in [0.2, 0.25) is 0 Å². The molecule has 0 aliphatic carbocycles. The van der Waals surface area contributed by atoms with Gasteiger partial charge < -0.3 is 4.98 Å². The normalized spacial score (nSPS) is 11.1. The minimum absolute atomic E-state index is 0.00548. The first kappa shape index (κ1) is 18.3. The first-order chi connectivity index (χ1) is 13.0. The van der Waals surface area contributed by atoms with E-state index in [2.05, 4.69) is 20.3 Å². The second-order valence-corrected chi connectivity index (χ2v) is 7.77. The van der Waals surface area contributed by atoms with E-state index in [1.165, 1.54) is 17.5 Å². The van der Waals surface area contributed by atoms with Crippen molar-refractivity contribution in [1.29, 1.82) is 0 Å². The van der Waals surface area contributed by atoms with Crippen LogP contribution in [-0.2, 0) is 0 Å². The molecule has 0 aliphatic heterocycles. The third-order valence-corrected chi connectivity index (χ3v) is 6.01. The highest BCUT2D eigenvalue weighted by atomic mass is 35.5. The highest BCUT2D eigenvalue weighted by Crippen LogP contribution is 2.35. The van der Waals surface area contributed by atoms with Crippen LogP contribution in [0.15, 0.2) is 35.8 Å². The Balaban J connectivity index is 1.64. The monoisotopic (exact) mass is 436 g/mol. The summed E-state index contributed by atoms with van der Waals surface area (Å²) in [4.78, 5) is 24.3. The fourth-order valence-electron chi connectivity index (χ4n) is 2.81. The molecule has 0 fully saturated rings. The Morgan fingerprint density at radius 3 is 2.78 bits per heavy atom. The van der Waals surface area contributed by atoms with Gasteiger partial charge in [-0.3, -0.25) is 10.1 Å². The molecule has 0 aliphatic rings. The largest absolute Gasteiger partial charge is 0.358 e. The Bertz CT molecular complexity index is 1180. The number of fused-ring (bicyclic) bond motifs is 1. The first-order valence-corrected chi connectivity index (χ1v) is 9.81. The van der Waals surface area contributed by atoms with Crippen molar-refractivity contribution in [2.24, 2.45) is 0 Å². The number of amides is 1. The van der Waals surface area contributed by atoms with Crippen LogP contribution in [0.25, 0.3) is 22.2 Å². The molecule has 0 saturated heterocycles. The summed E-state index contributed by atoms with van der Waals surface area (Å²) in [5, 5.41) is 6.39. The van der Waals surface area contributed by atoms with Gasteiger partial charge in [0.15, 0.2) is 5.13 Å². The van der Waals surface area contributed by atoms with Crippen molar-refractivity contribution in [2.45, 2.75) is 6.92 Å². The van der Waals surface area contributed by atoms with Gasteiger partial charge in [0, 0.05) is 33.7 Å². The zero-order valence-corrected chi connectivity index (χ0v) is 16.9. The SMILES string of the molecule is Cc1[nH]c2ccccc2c1-c1csc(NC(=O)c2ncc(Cl)c(Cl)c2Cl)n1. The number of aromatic nitrogens is 3. The van der Waals surface area contributed by atoms with Gasteiger partial charge in [-0.2, -0.15) is 0 Å². The van der Waals surface area contributed by atoms with Crippen LogP contribution in [0.4, 0.5) is 5.13 Å². The van der Waals surface area contributed by atoms with Crippen molar-refractivity contribution < 1.29 is 4.79 Å². The molecule has 0 spiro atoms. The Morgan fingerprint density at radius 2 is 1.96 bits per heavy atom. The molecular weight excluding hydrogens is 427 g/mol. The van der Waals surface area contributed by atoms with Crippen LogP contribution in [0.1, 0.15) is 16.2 Å². The first-order valence-electron chi connectivity index (χ1n) is 7.79. The van der Waals surface area contributed by atoms with Gasteiger partial charge in [0.25, 0.3) is 5.91 Å². The van der Waals surface area contributed by atoms with Crippen LogP contribution < -0.4 is 5.32 Å². The van der Waals surface area contributed by atoms with Crippen LogP contribution in [0.3, 0.4) is 0 Å². The Hall–Kier alpha value is -2.12. The molecule has 4 aromatic rings. The van der Waals surface area contributed by atoms with Crippen molar-refractivity contribution in [2.75, 3.05) is 5.32 Å². The molecular formula is C18H11Cl3N4OS. The number of hydrogen-bond donors (Lipinski definition) is 2. The molecule has 0 unspecified atom stereocenters. The van der Waals surface area contributed by atoms with Gasteiger partial charge in [-0.1, -0.05) is 53.0 Å². The third kappa shape index (κ3) is 3.30. The number of hydrogen-bond acceptors (Lipinski definition) is 4. The summed E-state index contributed by atoms with van der Waals surface area (Å²) in [6, 6.07) is 8.00. The number of nitrogens with zero attached hydrogens (tertiary/aromatic N) is 2. The van der Waals surface area contributed by atoms with Crippen LogP contribution >= 0.6 is 46.1 Å². The van der Waals surface area contributed by atoms with Crippen molar-refractivity contribution in [1.82, 2.24) is 15.0 Å². The highest BCUT2D eigenvalue weighted by molar-refractivity contribution is 7.14. The fourth-order valence-corrected chi connectivity index (χ4v) is 4.07. The molecule has 1 amide bonds. The van der Waals surface area contributed by atoms with Crippen LogP contribution in [-0.4, -0.2) is 20.9 Å². The molecule has 2 N–H and O–H groups in total. The maximum absolute atomic E-state index is 12.5. The van der Waals surface area contributed by atoms with E-state index in [1.54, 1.807) is 0 Å². The Kier molecular flexibility index (Phi) is 4.82. The number of carbonyl (C=O) groups is 1. The number of H-pyrrole nitrogens is 1. The lowest BCUT2D eigenvalue weighted by molar-refractivity contribution is 0.102. The number of pyridine rings is 1. The number of anilines is 1. The van der Waals surface area contributed by atoms with Crippen LogP contribution in [0.5, 0.6) is 0 Å². The highest BCUT2D eigenvalue weighted by Gasteiger charge is 2.19. The number of benzene rings is 1. The number of para-hydroxylation sites is 1. The van der Waals surface area contributed by atoms with Gasteiger partial charge in [-0.25, -0.2) is 9.97 Å². The predicted octanol–water partition coefficient (Wildman–Crippen LogP) is 6.21. The molecule has 0 atom stereocenters. The van der Waals surface area contributed by atoms with E-state index in [1.807, 2.05) is 36.6 Å². The number of nitrogens with one attached hydrogen (secondary N) is 2. The summed E-state index contributed by atoms with van der Waals surface area (Å²) in [6.45, 7) is 1.99. The van der Waals surface area contributed by atoms with Gasteiger partial charge in [0.05, 0.1) is 20.8 Å². The lowest BCUT2D eigenvalue weighted by Crippen LogP contribution is -2.14. The van der Waals surface area contributed by atoms with Crippen molar-refractivity contribution in [3.8, 4) is 11.3 Å². The zero-order valence-electron chi connectivity index (χ0n) is 13.8. The second kappa shape index (κ2) is 7.13. The lowest BCUT2D eigenvalue weighted by Gasteiger charge is -2.05. The van der Waals surface area contributed by atoms with Crippen LogP contribution in [0.2, 0.25) is 15.1 Å². The molecule has 27 heavy (non-hydrogen) atoms. The minimum Gasteiger partial charge on any atom is -0.358 e. The molecule has 1 aromatic carbocycles. The smallest absolute Gasteiger partial charge is 0.277 e. The summed E-state index contributed by atoms with van der Waals surface area (Å²) in [5.74, 6) is -0.505. The van der Waals surface area contributed by atoms with Gasteiger partial charge in [0.1, 0.15) is 5.69 Å². The predicted molar refractivity (Wildman–Crippen MR) is 111 cm³/mol. The molecule has 136 valence electrons.